The first-order valence-corrected chi connectivity index (χ1v) is 9.88. The Kier molecular flexibility index (Phi) is 4.27. The van der Waals surface area contributed by atoms with Crippen molar-refractivity contribution in [1.29, 1.82) is 0 Å². The van der Waals surface area contributed by atoms with Crippen molar-refractivity contribution in [1.82, 2.24) is 20.2 Å². The van der Waals surface area contributed by atoms with Crippen molar-refractivity contribution in [3.63, 3.8) is 0 Å². The van der Waals surface area contributed by atoms with E-state index in [-0.39, 0.29) is 6.04 Å². The molecule has 28 heavy (non-hydrogen) atoms. The van der Waals surface area contributed by atoms with Gasteiger partial charge in [0.25, 0.3) is 0 Å². The molecule has 1 atom stereocenters. The maximum Gasteiger partial charge on any atom is 0.181 e. The van der Waals surface area contributed by atoms with Crippen molar-refractivity contribution in [2.75, 3.05) is 12.4 Å². The van der Waals surface area contributed by atoms with E-state index in [0.29, 0.717) is 5.76 Å². The SMILES string of the molecule is COc1c(Br)cnc2c1CCCC2Nc1ccc2[nH]nc(-c3cnco3)c2c1. The van der Waals surface area contributed by atoms with Gasteiger partial charge in [-0.2, -0.15) is 5.10 Å². The van der Waals surface area contributed by atoms with Crippen molar-refractivity contribution >= 4 is 32.5 Å². The summed E-state index contributed by atoms with van der Waals surface area (Å²) in [5.74, 6) is 1.53. The van der Waals surface area contributed by atoms with Crippen LogP contribution < -0.4 is 10.1 Å². The molecule has 4 aromatic rings. The molecule has 1 aliphatic carbocycles. The molecule has 0 spiro atoms. The van der Waals surface area contributed by atoms with E-state index in [4.69, 9.17) is 9.15 Å². The summed E-state index contributed by atoms with van der Waals surface area (Å²) in [5.41, 5.74) is 4.94. The molecule has 0 amide bonds. The lowest BCUT2D eigenvalue weighted by atomic mass is 9.91. The van der Waals surface area contributed by atoms with Crippen LogP contribution >= 0.6 is 15.9 Å². The van der Waals surface area contributed by atoms with Crippen LogP contribution in [0.25, 0.3) is 22.4 Å². The highest BCUT2D eigenvalue weighted by Gasteiger charge is 2.26. The second-order valence-corrected chi connectivity index (χ2v) is 7.64. The Morgan fingerprint density at radius 2 is 2.25 bits per heavy atom. The number of ether oxygens (including phenoxy) is 1. The first-order valence-electron chi connectivity index (χ1n) is 9.09. The van der Waals surface area contributed by atoms with Gasteiger partial charge in [0.05, 0.1) is 35.0 Å². The Bertz CT molecular complexity index is 1140. The first-order chi connectivity index (χ1) is 13.7. The van der Waals surface area contributed by atoms with Gasteiger partial charge in [-0.3, -0.25) is 10.1 Å². The monoisotopic (exact) mass is 439 g/mol. The third-order valence-corrected chi connectivity index (χ3v) is 5.71. The molecule has 2 N–H and O–H groups in total. The van der Waals surface area contributed by atoms with E-state index in [9.17, 15) is 0 Å². The standard InChI is InChI=1S/C20H18BrN5O2/c1-27-20-12-3-2-4-16(18(12)23-8-14(20)21)24-11-5-6-15-13(7-11)19(26-25-15)17-9-22-10-28-17/h5-10,16,24H,2-4H2,1H3,(H,25,26). The summed E-state index contributed by atoms with van der Waals surface area (Å²) in [6.07, 6.45) is 7.97. The molecule has 1 aromatic carbocycles. The third-order valence-electron chi connectivity index (χ3n) is 5.14. The van der Waals surface area contributed by atoms with Crippen LogP contribution in [0.3, 0.4) is 0 Å². The van der Waals surface area contributed by atoms with Gasteiger partial charge in [0.2, 0.25) is 0 Å². The molecule has 1 aliphatic rings. The minimum atomic E-state index is 0.129. The summed E-state index contributed by atoms with van der Waals surface area (Å²) >= 11 is 3.54. The number of anilines is 1. The summed E-state index contributed by atoms with van der Waals surface area (Å²) in [4.78, 5) is 8.67. The molecule has 0 bridgehead atoms. The predicted molar refractivity (Wildman–Crippen MR) is 109 cm³/mol. The molecular weight excluding hydrogens is 422 g/mol. The number of oxazole rings is 1. The largest absolute Gasteiger partial charge is 0.495 e. The molecule has 0 fully saturated rings. The molecule has 0 saturated heterocycles. The zero-order chi connectivity index (χ0) is 19.1. The van der Waals surface area contributed by atoms with Gasteiger partial charge in [-0.15, -0.1) is 0 Å². The average Bonchev–Trinajstić information content (AvgIpc) is 3.37. The molecule has 0 saturated carbocycles. The molecule has 7 nitrogen and oxygen atoms in total. The average molecular weight is 440 g/mol. The van der Waals surface area contributed by atoms with Crippen LogP contribution in [0.2, 0.25) is 0 Å². The fourth-order valence-electron chi connectivity index (χ4n) is 3.87. The van der Waals surface area contributed by atoms with Crippen LogP contribution in [0.15, 0.2) is 45.9 Å². The van der Waals surface area contributed by atoms with Gasteiger partial charge in [-0.1, -0.05) is 0 Å². The molecule has 1 unspecified atom stereocenters. The molecule has 0 radical (unpaired) electrons. The minimum absolute atomic E-state index is 0.129. The van der Waals surface area contributed by atoms with E-state index in [1.54, 1.807) is 13.3 Å². The maximum absolute atomic E-state index is 5.60. The fraction of sp³-hybridized carbons (Fsp3) is 0.250. The smallest absolute Gasteiger partial charge is 0.181 e. The summed E-state index contributed by atoms with van der Waals surface area (Å²) in [6.45, 7) is 0. The molecule has 0 aliphatic heterocycles. The lowest BCUT2D eigenvalue weighted by molar-refractivity contribution is 0.399. The number of methoxy groups -OCH3 is 1. The lowest BCUT2D eigenvalue weighted by Crippen LogP contribution is -2.19. The van der Waals surface area contributed by atoms with E-state index >= 15 is 0 Å². The van der Waals surface area contributed by atoms with Crippen LogP contribution in [0.5, 0.6) is 5.75 Å². The number of pyridine rings is 1. The highest BCUT2D eigenvalue weighted by Crippen LogP contribution is 2.39. The Morgan fingerprint density at radius 1 is 1.32 bits per heavy atom. The maximum atomic E-state index is 5.60. The number of nitrogens with zero attached hydrogens (tertiary/aromatic N) is 3. The van der Waals surface area contributed by atoms with E-state index in [0.717, 1.165) is 57.5 Å². The fourth-order valence-corrected chi connectivity index (χ4v) is 4.38. The lowest BCUT2D eigenvalue weighted by Gasteiger charge is -2.27. The quantitative estimate of drug-likeness (QED) is 0.471. The first kappa shape index (κ1) is 17.2. The molecular formula is C20H18BrN5O2. The van der Waals surface area contributed by atoms with Crippen molar-refractivity contribution < 1.29 is 9.15 Å². The van der Waals surface area contributed by atoms with Crippen molar-refractivity contribution in [3.05, 3.63) is 52.7 Å². The number of H-pyrrole nitrogens is 1. The van der Waals surface area contributed by atoms with Gasteiger partial charge in [0.1, 0.15) is 11.4 Å². The van der Waals surface area contributed by atoms with Crippen molar-refractivity contribution in [3.8, 4) is 17.2 Å². The second kappa shape index (κ2) is 6.94. The zero-order valence-corrected chi connectivity index (χ0v) is 16.8. The van der Waals surface area contributed by atoms with Gasteiger partial charge in [-0.25, -0.2) is 4.98 Å². The van der Waals surface area contributed by atoms with Crippen LogP contribution in [0, 0.1) is 0 Å². The summed E-state index contributed by atoms with van der Waals surface area (Å²) in [7, 11) is 1.70. The van der Waals surface area contributed by atoms with Crippen molar-refractivity contribution in [2.24, 2.45) is 0 Å². The van der Waals surface area contributed by atoms with Gasteiger partial charge < -0.3 is 14.5 Å². The Hall–Kier alpha value is -2.87. The summed E-state index contributed by atoms with van der Waals surface area (Å²) in [5, 5.41) is 12.0. The number of halogens is 1. The zero-order valence-electron chi connectivity index (χ0n) is 15.2. The van der Waals surface area contributed by atoms with Gasteiger partial charge in [-0.05, 0) is 53.4 Å². The van der Waals surface area contributed by atoms with Gasteiger partial charge in [0.15, 0.2) is 12.2 Å². The van der Waals surface area contributed by atoms with E-state index < -0.39 is 0 Å². The number of rotatable bonds is 4. The van der Waals surface area contributed by atoms with Crippen molar-refractivity contribution in [2.45, 2.75) is 25.3 Å². The van der Waals surface area contributed by atoms with Crippen LogP contribution in [-0.4, -0.2) is 27.3 Å². The number of hydrogen-bond donors (Lipinski definition) is 2. The number of aromatic nitrogens is 4. The number of aromatic amines is 1. The predicted octanol–water partition coefficient (Wildman–Crippen LogP) is 4.87. The second-order valence-electron chi connectivity index (χ2n) is 6.79. The Morgan fingerprint density at radius 3 is 3.07 bits per heavy atom. The van der Waals surface area contributed by atoms with Crippen LogP contribution in [0.4, 0.5) is 5.69 Å². The summed E-state index contributed by atoms with van der Waals surface area (Å²) in [6, 6.07) is 6.28. The highest BCUT2D eigenvalue weighted by molar-refractivity contribution is 9.10. The normalized spacial score (nSPS) is 16.1. The minimum Gasteiger partial charge on any atom is -0.495 e. The summed E-state index contributed by atoms with van der Waals surface area (Å²) < 4.78 is 11.9. The van der Waals surface area contributed by atoms with Crippen LogP contribution in [-0.2, 0) is 6.42 Å². The molecule has 3 heterocycles. The molecule has 3 aromatic heterocycles. The van der Waals surface area contributed by atoms with E-state index in [1.165, 1.54) is 12.0 Å². The Labute approximate surface area is 169 Å². The number of fused-ring (bicyclic) bond motifs is 2. The van der Waals surface area contributed by atoms with E-state index in [1.807, 2.05) is 12.3 Å². The molecule has 5 rings (SSSR count). The number of benzene rings is 1. The third kappa shape index (κ3) is 2.84. The number of hydrogen-bond acceptors (Lipinski definition) is 6. The molecule has 8 heteroatoms. The topological polar surface area (TPSA) is 88.9 Å². The number of nitrogens with one attached hydrogen (secondary N) is 2. The van der Waals surface area contributed by atoms with E-state index in [2.05, 4.69) is 53.5 Å². The van der Waals surface area contributed by atoms with Gasteiger partial charge in [0, 0.05) is 22.8 Å². The van der Waals surface area contributed by atoms with Crippen LogP contribution in [0.1, 0.15) is 30.1 Å². The van der Waals surface area contributed by atoms with Gasteiger partial charge >= 0.3 is 0 Å². The Balaban J connectivity index is 1.51. The molecule has 142 valence electrons. The highest BCUT2D eigenvalue weighted by atomic mass is 79.9.